The molecule has 0 aromatic heterocycles. The Morgan fingerprint density at radius 2 is 1.29 bits per heavy atom. The molecule has 1 heteroatoms. The molecule has 0 saturated heterocycles. The number of benzene rings is 4. The third-order valence-electron chi connectivity index (χ3n) is 4.71. The van der Waals surface area contributed by atoms with Crippen molar-refractivity contribution in [3.8, 4) is 0 Å². The molecular formula is C27H23N. The predicted molar refractivity (Wildman–Crippen MR) is 121 cm³/mol. The summed E-state index contributed by atoms with van der Waals surface area (Å²) >= 11 is 0. The van der Waals surface area contributed by atoms with E-state index in [1.54, 1.807) is 0 Å². The summed E-state index contributed by atoms with van der Waals surface area (Å²) in [6.45, 7) is 2.13. The normalized spacial score (nSPS) is 11.2. The second-order valence-electron chi connectivity index (χ2n) is 6.87. The average molecular weight is 361 g/mol. The van der Waals surface area contributed by atoms with Crippen LogP contribution in [0, 0.1) is 6.92 Å². The van der Waals surface area contributed by atoms with Crippen molar-refractivity contribution in [1.29, 1.82) is 0 Å². The number of hydrogen-bond donors (Lipinski definition) is 1. The van der Waals surface area contributed by atoms with Crippen molar-refractivity contribution in [3.63, 3.8) is 0 Å². The number of hydrogen-bond acceptors (Lipinski definition) is 1. The topological polar surface area (TPSA) is 12.0 Å². The van der Waals surface area contributed by atoms with Crippen LogP contribution in [0.3, 0.4) is 0 Å². The van der Waals surface area contributed by atoms with Crippen LogP contribution in [0.2, 0.25) is 0 Å². The minimum atomic E-state index is 1.08. The largest absolute Gasteiger partial charge is 0.355 e. The summed E-state index contributed by atoms with van der Waals surface area (Å²) in [5.41, 5.74) is 8.20. The first-order chi connectivity index (χ1) is 13.8. The van der Waals surface area contributed by atoms with Gasteiger partial charge in [-0.25, -0.2) is 0 Å². The van der Waals surface area contributed by atoms with Crippen LogP contribution < -0.4 is 5.32 Å². The Hall–Kier alpha value is -3.58. The minimum absolute atomic E-state index is 1.08. The third kappa shape index (κ3) is 4.21. The third-order valence-corrected chi connectivity index (χ3v) is 4.71. The maximum atomic E-state index is 3.61. The smallest absolute Gasteiger partial charge is 0.0466 e. The average Bonchev–Trinajstić information content (AvgIpc) is 2.75. The summed E-state index contributed by atoms with van der Waals surface area (Å²) in [5, 5.41) is 3.61. The Kier molecular flexibility index (Phi) is 5.35. The standard InChI is InChI=1S/C27H23N/c1-21-17-18-25(27(19-21)28-24-15-9-4-10-16-24)26(23-13-7-3-8-14-23)20-22-11-5-2-6-12-22/h2-20,28H,1H3. The van der Waals surface area contributed by atoms with Gasteiger partial charge in [-0.05, 0) is 53.5 Å². The Morgan fingerprint density at radius 1 is 0.679 bits per heavy atom. The molecule has 0 aliphatic carbocycles. The van der Waals surface area contributed by atoms with Gasteiger partial charge in [0.15, 0.2) is 0 Å². The van der Waals surface area contributed by atoms with E-state index in [1.165, 1.54) is 27.8 Å². The van der Waals surface area contributed by atoms with Gasteiger partial charge in [0, 0.05) is 16.9 Å². The number of rotatable bonds is 5. The van der Waals surface area contributed by atoms with Gasteiger partial charge < -0.3 is 5.32 Å². The van der Waals surface area contributed by atoms with Crippen LogP contribution in [0.25, 0.3) is 11.6 Å². The highest BCUT2D eigenvalue weighted by atomic mass is 14.9. The van der Waals surface area contributed by atoms with E-state index in [0.717, 1.165) is 11.4 Å². The molecule has 1 N–H and O–H groups in total. The van der Waals surface area contributed by atoms with Crippen LogP contribution in [0.5, 0.6) is 0 Å². The SMILES string of the molecule is Cc1ccc(C(=Cc2ccccc2)c2ccccc2)c(Nc2ccccc2)c1. The number of aryl methyl sites for hydroxylation is 1. The predicted octanol–water partition coefficient (Wildman–Crippen LogP) is 7.33. The molecule has 0 radical (unpaired) electrons. The first-order valence-electron chi connectivity index (χ1n) is 9.55. The second-order valence-corrected chi connectivity index (χ2v) is 6.87. The zero-order chi connectivity index (χ0) is 19.2. The van der Waals surface area contributed by atoms with E-state index < -0.39 is 0 Å². The first-order valence-corrected chi connectivity index (χ1v) is 9.55. The highest BCUT2D eigenvalue weighted by Crippen LogP contribution is 2.33. The molecule has 0 spiro atoms. The molecule has 0 atom stereocenters. The fraction of sp³-hybridized carbons (Fsp3) is 0.0370. The summed E-state index contributed by atoms with van der Waals surface area (Å²) in [6.07, 6.45) is 2.26. The molecule has 1 nitrogen and oxygen atoms in total. The molecule has 4 rings (SSSR count). The van der Waals surface area contributed by atoms with Crippen molar-refractivity contribution in [2.75, 3.05) is 5.32 Å². The van der Waals surface area contributed by atoms with Crippen LogP contribution in [-0.2, 0) is 0 Å². The summed E-state index contributed by atoms with van der Waals surface area (Å²) in [7, 11) is 0. The van der Waals surface area contributed by atoms with E-state index in [-0.39, 0.29) is 0 Å². The Balaban J connectivity index is 1.86. The van der Waals surface area contributed by atoms with Crippen LogP contribution in [0.15, 0.2) is 109 Å². The fourth-order valence-electron chi connectivity index (χ4n) is 3.32. The van der Waals surface area contributed by atoms with Gasteiger partial charge in [-0.15, -0.1) is 0 Å². The van der Waals surface area contributed by atoms with Gasteiger partial charge in [-0.2, -0.15) is 0 Å². The molecule has 0 amide bonds. The molecule has 0 heterocycles. The van der Waals surface area contributed by atoms with Gasteiger partial charge in [0.05, 0.1) is 0 Å². The van der Waals surface area contributed by atoms with Crippen LogP contribution in [0.4, 0.5) is 11.4 Å². The van der Waals surface area contributed by atoms with Crippen molar-refractivity contribution in [1.82, 2.24) is 0 Å². The van der Waals surface area contributed by atoms with E-state index in [1.807, 2.05) is 12.1 Å². The minimum Gasteiger partial charge on any atom is -0.355 e. The molecule has 28 heavy (non-hydrogen) atoms. The number of para-hydroxylation sites is 1. The van der Waals surface area contributed by atoms with Gasteiger partial charge >= 0.3 is 0 Å². The molecule has 4 aromatic rings. The summed E-state index contributed by atoms with van der Waals surface area (Å²) in [6, 6.07) is 38.0. The molecule has 0 aliphatic heterocycles. The van der Waals surface area contributed by atoms with E-state index in [9.17, 15) is 0 Å². The van der Waals surface area contributed by atoms with Crippen molar-refractivity contribution >= 4 is 23.0 Å². The van der Waals surface area contributed by atoms with Gasteiger partial charge in [0.1, 0.15) is 0 Å². The summed E-state index contributed by atoms with van der Waals surface area (Å²) in [5.74, 6) is 0. The van der Waals surface area contributed by atoms with E-state index in [4.69, 9.17) is 0 Å². The molecule has 4 aromatic carbocycles. The molecular weight excluding hydrogens is 338 g/mol. The lowest BCUT2D eigenvalue weighted by molar-refractivity contribution is 1.42. The summed E-state index contributed by atoms with van der Waals surface area (Å²) < 4.78 is 0. The van der Waals surface area contributed by atoms with Crippen LogP contribution in [0.1, 0.15) is 22.3 Å². The molecule has 0 saturated carbocycles. The quantitative estimate of drug-likeness (QED) is 0.367. The van der Waals surface area contributed by atoms with Gasteiger partial charge in [-0.3, -0.25) is 0 Å². The van der Waals surface area contributed by atoms with Gasteiger partial charge in [0.25, 0.3) is 0 Å². The van der Waals surface area contributed by atoms with Crippen LogP contribution >= 0.6 is 0 Å². The molecule has 0 bridgehead atoms. The van der Waals surface area contributed by atoms with Crippen molar-refractivity contribution in [2.24, 2.45) is 0 Å². The van der Waals surface area contributed by atoms with Gasteiger partial charge in [0.2, 0.25) is 0 Å². The van der Waals surface area contributed by atoms with E-state index in [0.29, 0.717) is 0 Å². The lowest BCUT2D eigenvalue weighted by Crippen LogP contribution is -1.98. The lowest BCUT2D eigenvalue weighted by atomic mass is 9.93. The van der Waals surface area contributed by atoms with Crippen molar-refractivity contribution < 1.29 is 0 Å². The Bertz CT molecular complexity index is 1070. The number of nitrogens with one attached hydrogen (secondary N) is 1. The van der Waals surface area contributed by atoms with Crippen molar-refractivity contribution in [2.45, 2.75) is 6.92 Å². The zero-order valence-electron chi connectivity index (χ0n) is 16.0. The van der Waals surface area contributed by atoms with E-state index >= 15 is 0 Å². The summed E-state index contributed by atoms with van der Waals surface area (Å²) in [4.78, 5) is 0. The van der Waals surface area contributed by atoms with E-state index in [2.05, 4.69) is 115 Å². The number of anilines is 2. The highest BCUT2D eigenvalue weighted by molar-refractivity contribution is 5.96. The Morgan fingerprint density at radius 3 is 1.96 bits per heavy atom. The van der Waals surface area contributed by atoms with Gasteiger partial charge in [-0.1, -0.05) is 91.0 Å². The lowest BCUT2D eigenvalue weighted by Gasteiger charge is -2.17. The van der Waals surface area contributed by atoms with Crippen LogP contribution in [-0.4, -0.2) is 0 Å². The molecule has 0 aliphatic rings. The maximum absolute atomic E-state index is 3.61. The zero-order valence-corrected chi connectivity index (χ0v) is 16.0. The molecule has 0 fully saturated rings. The monoisotopic (exact) mass is 361 g/mol. The molecule has 136 valence electrons. The molecule has 0 unspecified atom stereocenters. The first kappa shape index (κ1) is 17.8. The Labute approximate surface area is 167 Å². The second kappa shape index (κ2) is 8.41. The fourth-order valence-corrected chi connectivity index (χ4v) is 3.32. The highest BCUT2D eigenvalue weighted by Gasteiger charge is 2.11. The van der Waals surface area contributed by atoms with Crippen molar-refractivity contribution in [3.05, 3.63) is 131 Å². The maximum Gasteiger partial charge on any atom is 0.0466 e.